The highest BCUT2D eigenvalue weighted by Gasteiger charge is 2.17. The molecule has 4 nitrogen and oxygen atoms in total. The Morgan fingerprint density at radius 3 is 2.11 bits per heavy atom. The summed E-state index contributed by atoms with van der Waals surface area (Å²) < 4.78 is 0. The van der Waals surface area contributed by atoms with Crippen LogP contribution in [0.15, 0.2) is 42.5 Å². The van der Waals surface area contributed by atoms with Crippen LogP contribution in [0, 0.1) is 0 Å². The highest BCUT2D eigenvalue weighted by Crippen LogP contribution is 2.32. The first-order valence-corrected chi connectivity index (χ1v) is 15.1. The van der Waals surface area contributed by atoms with Crippen molar-refractivity contribution in [3.8, 4) is 0 Å². The van der Waals surface area contributed by atoms with Gasteiger partial charge in [0.1, 0.15) is 0 Å². The van der Waals surface area contributed by atoms with E-state index >= 15 is 0 Å². The minimum absolute atomic E-state index is 0.118. The third kappa shape index (κ3) is 9.00. The Morgan fingerprint density at radius 1 is 0.889 bits per heavy atom. The maximum absolute atomic E-state index is 12.7. The highest BCUT2D eigenvalue weighted by atomic mass is 35.5. The first-order chi connectivity index (χ1) is 17.3. The number of amides is 1. The summed E-state index contributed by atoms with van der Waals surface area (Å²) in [6.07, 6.45) is 4.95. The molecule has 0 atom stereocenters. The summed E-state index contributed by atoms with van der Waals surface area (Å²) in [5, 5.41) is 4.03. The van der Waals surface area contributed by atoms with Gasteiger partial charge in [-0.25, -0.2) is 0 Å². The summed E-state index contributed by atoms with van der Waals surface area (Å²) in [7, 11) is 0. The lowest BCUT2D eigenvalue weighted by atomic mass is 9.92. The van der Waals surface area contributed by atoms with E-state index in [9.17, 15) is 4.79 Å². The largest absolute Gasteiger partial charge is 0.369 e. The normalized spacial score (nSPS) is 14.6. The van der Waals surface area contributed by atoms with Crippen LogP contribution in [0.5, 0.6) is 0 Å². The van der Waals surface area contributed by atoms with Crippen LogP contribution in [0.25, 0.3) is 0 Å². The number of nitrogens with zero attached hydrogens (tertiary/aromatic N) is 2. The molecule has 0 unspecified atom stereocenters. The molecule has 0 aliphatic carbocycles. The number of rotatable bonds is 13. The van der Waals surface area contributed by atoms with Gasteiger partial charge in [0.25, 0.3) is 0 Å². The first-order valence-electron chi connectivity index (χ1n) is 13.6. The Balaban J connectivity index is 1.25. The average molecular weight is 530 g/mol. The third-order valence-corrected chi connectivity index (χ3v) is 8.24. The molecule has 2 aromatic rings. The smallest absolute Gasteiger partial charge is 0.234 e. The lowest BCUT2D eigenvalue weighted by molar-refractivity contribution is -0.113. The molecule has 3 rings (SSSR count). The molecule has 198 valence electrons. The Morgan fingerprint density at radius 2 is 1.50 bits per heavy atom. The van der Waals surface area contributed by atoms with Gasteiger partial charge in [-0.15, -0.1) is 0 Å². The lowest BCUT2D eigenvalue weighted by Crippen LogP contribution is -2.46. The van der Waals surface area contributed by atoms with Gasteiger partial charge in [0.15, 0.2) is 0 Å². The van der Waals surface area contributed by atoms with Crippen molar-refractivity contribution in [3.05, 3.63) is 58.6 Å². The fourth-order valence-corrected chi connectivity index (χ4v) is 5.75. The standard InChI is InChI=1S/C30H44ClN3OS/c1-23(2)27-10-9-11-28(24(3)4)30(27)32-29(35)22-36-21-8-6-5-7-16-33-17-19-34(20-18-33)26-14-12-25(31)13-15-26/h9-15,23-24H,5-8,16-22H2,1-4H3,(H,32,35). The molecule has 1 aliphatic rings. The molecule has 0 aromatic heterocycles. The van der Waals surface area contributed by atoms with Crippen LogP contribution < -0.4 is 10.2 Å². The van der Waals surface area contributed by atoms with Gasteiger partial charge in [-0.2, -0.15) is 11.8 Å². The van der Waals surface area contributed by atoms with Gasteiger partial charge in [0.05, 0.1) is 5.75 Å². The number of thioether (sulfide) groups is 1. The predicted molar refractivity (Wildman–Crippen MR) is 159 cm³/mol. The molecule has 1 amide bonds. The zero-order valence-corrected chi connectivity index (χ0v) is 24.1. The minimum Gasteiger partial charge on any atom is -0.369 e. The number of nitrogens with one attached hydrogen (secondary N) is 1. The Kier molecular flexibility index (Phi) is 12.0. The number of para-hydroxylation sites is 1. The summed E-state index contributed by atoms with van der Waals surface area (Å²) in [5.74, 6) is 2.48. The molecule has 0 radical (unpaired) electrons. The predicted octanol–water partition coefficient (Wildman–Crippen LogP) is 7.64. The Bertz CT molecular complexity index is 913. The van der Waals surface area contributed by atoms with Crippen LogP contribution in [0.1, 0.15) is 76.3 Å². The van der Waals surface area contributed by atoms with Crippen molar-refractivity contribution in [3.63, 3.8) is 0 Å². The quantitative estimate of drug-likeness (QED) is 0.270. The molecule has 1 saturated heterocycles. The van der Waals surface area contributed by atoms with E-state index in [1.165, 1.54) is 49.0 Å². The van der Waals surface area contributed by atoms with Crippen LogP contribution in [0.4, 0.5) is 11.4 Å². The van der Waals surface area contributed by atoms with Crippen molar-refractivity contribution in [2.24, 2.45) is 0 Å². The van der Waals surface area contributed by atoms with Gasteiger partial charge in [0.2, 0.25) is 5.91 Å². The number of halogens is 1. The van der Waals surface area contributed by atoms with Crippen LogP contribution in [-0.2, 0) is 4.79 Å². The summed E-state index contributed by atoms with van der Waals surface area (Å²) in [5.41, 5.74) is 4.76. The number of benzene rings is 2. The fraction of sp³-hybridized carbons (Fsp3) is 0.567. The van der Waals surface area contributed by atoms with Crippen LogP contribution in [0.3, 0.4) is 0 Å². The van der Waals surface area contributed by atoms with E-state index < -0.39 is 0 Å². The SMILES string of the molecule is CC(C)c1cccc(C(C)C)c1NC(=O)CSCCCCCCN1CCN(c2ccc(Cl)cc2)CC1. The molecular weight excluding hydrogens is 486 g/mol. The molecule has 6 heteroatoms. The fourth-order valence-electron chi connectivity index (χ4n) is 4.81. The summed E-state index contributed by atoms with van der Waals surface area (Å²) in [6, 6.07) is 14.6. The van der Waals surface area contributed by atoms with E-state index in [1.54, 1.807) is 11.8 Å². The molecule has 1 aliphatic heterocycles. The van der Waals surface area contributed by atoms with E-state index in [1.807, 2.05) is 12.1 Å². The van der Waals surface area contributed by atoms with Gasteiger partial charge in [0, 0.05) is 42.6 Å². The first kappa shape index (κ1) is 28.9. The molecule has 1 N–H and O–H groups in total. The van der Waals surface area contributed by atoms with Crippen molar-refractivity contribution >= 4 is 40.6 Å². The molecule has 0 bridgehead atoms. The Hall–Kier alpha value is -1.69. The van der Waals surface area contributed by atoms with Crippen molar-refractivity contribution in [2.45, 2.75) is 65.2 Å². The van der Waals surface area contributed by atoms with Gasteiger partial charge < -0.3 is 10.2 Å². The van der Waals surface area contributed by atoms with Gasteiger partial charge in [-0.05, 0) is 72.4 Å². The molecule has 36 heavy (non-hydrogen) atoms. The van der Waals surface area contributed by atoms with E-state index in [4.69, 9.17) is 11.6 Å². The molecule has 0 saturated carbocycles. The van der Waals surface area contributed by atoms with Crippen molar-refractivity contribution in [2.75, 3.05) is 54.4 Å². The third-order valence-electron chi connectivity index (χ3n) is 6.95. The number of hydrogen-bond donors (Lipinski definition) is 1. The van der Waals surface area contributed by atoms with Gasteiger partial charge in [-0.3, -0.25) is 9.69 Å². The molecular formula is C30H44ClN3OS. The number of carbonyl (C=O) groups is 1. The monoisotopic (exact) mass is 529 g/mol. The van der Waals surface area contributed by atoms with E-state index in [0.29, 0.717) is 17.6 Å². The zero-order valence-electron chi connectivity index (χ0n) is 22.6. The second-order valence-corrected chi connectivity index (χ2v) is 12.0. The second-order valence-electron chi connectivity index (χ2n) is 10.4. The number of carbonyl (C=O) groups excluding carboxylic acids is 1. The summed E-state index contributed by atoms with van der Waals surface area (Å²) >= 11 is 7.77. The molecule has 1 heterocycles. The number of hydrogen-bond acceptors (Lipinski definition) is 4. The number of unbranched alkanes of at least 4 members (excludes halogenated alkanes) is 3. The van der Waals surface area contributed by atoms with Crippen LogP contribution in [-0.4, -0.2) is 55.0 Å². The second kappa shape index (κ2) is 14.9. The van der Waals surface area contributed by atoms with Gasteiger partial charge in [-0.1, -0.05) is 70.3 Å². The van der Waals surface area contributed by atoms with Gasteiger partial charge >= 0.3 is 0 Å². The topological polar surface area (TPSA) is 35.6 Å². The minimum atomic E-state index is 0.118. The highest BCUT2D eigenvalue weighted by molar-refractivity contribution is 7.99. The summed E-state index contributed by atoms with van der Waals surface area (Å²) in [4.78, 5) is 17.7. The average Bonchev–Trinajstić information content (AvgIpc) is 2.86. The molecule has 2 aromatic carbocycles. The lowest BCUT2D eigenvalue weighted by Gasteiger charge is -2.36. The van der Waals surface area contributed by atoms with E-state index in [-0.39, 0.29) is 5.91 Å². The molecule has 1 fully saturated rings. The molecule has 0 spiro atoms. The van der Waals surface area contributed by atoms with Crippen molar-refractivity contribution < 1.29 is 4.79 Å². The van der Waals surface area contributed by atoms with Crippen molar-refractivity contribution in [1.82, 2.24) is 4.90 Å². The summed E-state index contributed by atoms with van der Waals surface area (Å²) in [6.45, 7) is 14.4. The van der Waals surface area contributed by atoms with Crippen LogP contribution in [0.2, 0.25) is 5.02 Å². The van der Waals surface area contributed by atoms with E-state index in [0.717, 1.165) is 42.6 Å². The van der Waals surface area contributed by atoms with E-state index in [2.05, 4.69) is 73.1 Å². The van der Waals surface area contributed by atoms with Crippen molar-refractivity contribution in [1.29, 1.82) is 0 Å². The maximum Gasteiger partial charge on any atom is 0.234 e. The van der Waals surface area contributed by atoms with Crippen LogP contribution >= 0.6 is 23.4 Å². The Labute approximate surface area is 228 Å². The number of anilines is 2. The maximum atomic E-state index is 12.7. The number of piperazine rings is 1. The zero-order chi connectivity index (χ0) is 25.9.